The van der Waals surface area contributed by atoms with Gasteiger partial charge in [-0.15, -0.1) is 0 Å². The Morgan fingerprint density at radius 3 is 2.83 bits per heavy atom. The first-order chi connectivity index (χ1) is 14.0. The molecule has 0 aromatic heterocycles. The van der Waals surface area contributed by atoms with Crippen molar-refractivity contribution in [2.75, 3.05) is 33.2 Å². The Labute approximate surface area is 169 Å². The number of anilines is 1. The van der Waals surface area contributed by atoms with E-state index in [9.17, 15) is 4.79 Å². The Morgan fingerprint density at radius 2 is 2.14 bits per heavy atom. The predicted molar refractivity (Wildman–Crippen MR) is 105 cm³/mol. The lowest BCUT2D eigenvalue weighted by Crippen LogP contribution is -2.73. The Kier molecular flexibility index (Phi) is 3.31. The Hall–Kier alpha value is -2.25. The van der Waals surface area contributed by atoms with E-state index in [-0.39, 0.29) is 30.1 Å². The van der Waals surface area contributed by atoms with Crippen molar-refractivity contribution in [3.05, 3.63) is 29.3 Å². The molecule has 1 saturated carbocycles. The second kappa shape index (κ2) is 5.46. The Bertz CT molecular complexity index is 961. The van der Waals surface area contributed by atoms with Crippen molar-refractivity contribution in [3.8, 4) is 11.5 Å². The van der Waals surface area contributed by atoms with Crippen molar-refractivity contribution < 1.29 is 23.7 Å². The number of nitrogens with zero attached hydrogens (tertiary/aromatic N) is 1. The zero-order chi connectivity index (χ0) is 20.1. The van der Waals surface area contributed by atoms with Crippen LogP contribution in [0.2, 0.25) is 0 Å². The fourth-order valence-electron chi connectivity index (χ4n) is 7.10. The van der Waals surface area contributed by atoms with Gasteiger partial charge in [0.25, 0.3) is 0 Å². The minimum absolute atomic E-state index is 0.0128. The van der Waals surface area contributed by atoms with Gasteiger partial charge in [-0.1, -0.05) is 11.6 Å². The average molecular weight is 398 g/mol. The van der Waals surface area contributed by atoms with Crippen LogP contribution in [0.3, 0.4) is 0 Å². The maximum atomic E-state index is 13.3. The average Bonchev–Trinajstić information content (AvgIpc) is 3.34. The molecule has 1 N–H and O–H groups in total. The van der Waals surface area contributed by atoms with Crippen LogP contribution in [0.15, 0.2) is 23.8 Å². The van der Waals surface area contributed by atoms with E-state index in [1.807, 2.05) is 6.07 Å². The summed E-state index contributed by atoms with van der Waals surface area (Å²) in [6.45, 7) is 2.92. The Morgan fingerprint density at radius 1 is 1.31 bits per heavy atom. The molecule has 0 unspecified atom stereocenters. The number of esters is 1. The first-order valence-corrected chi connectivity index (χ1v) is 10.3. The van der Waals surface area contributed by atoms with Gasteiger partial charge in [0.1, 0.15) is 17.7 Å². The summed E-state index contributed by atoms with van der Waals surface area (Å²) in [5, 5.41) is 3.72. The highest BCUT2D eigenvalue weighted by Gasteiger charge is 2.82. The number of methoxy groups -OCH3 is 3. The number of carbonyl (C=O) groups excluding carboxylic acids is 1. The molecule has 0 radical (unpaired) electrons. The van der Waals surface area contributed by atoms with Crippen LogP contribution in [0.1, 0.15) is 25.3 Å². The number of hydrogen-bond acceptors (Lipinski definition) is 7. The molecule has 7 nitrogen and oxygen atoms in total. The fourth-order valence-corrected chi connectivity index (χ4v) is 7.10. The third kappa shape index (κ3) is 1.73. The summed E-state index contributed by atoms with van der Waals surface area (Å²) in [6, 6.07) is 4.15. The molecule has 4 fully saturated rings. The molecule has 1 aromatic carbocycles. The summed E-state index contributed by atoms with van der Waals surface area (Å²) >= 11 is 0. The first-order valence-electron chi connectivity index (χ1n) is 10.3. The molecule has 1 aromatic rings. The molecule has 154 valence electrons. The maximum absolute atomic E-state index is 13.3. The van der Waals surface area contributed by atoms with Crippen LogP contribution in [0.25, 0.3) is 0 Å². The van der Waals surface area contributed by atoms with Crippen molar-refractivity contribution in [1.82, 2.24) is 4.90 Å². The molecule has 3 saturated heterocycles. The van der Waals surface area contributed by atoms with E-state index >= 15 is 0 Å². The van der Waals surface area contributed by atoms with Crippen molar-refractivity contribution >= 4 is 11.7 Å². The zero-order valence-corrected chi connectivity index (χ0v) is 17.2. The molecule has 0 amide bonds. The number of fused-ring (bicyclic) bond motifs is 4. The molecule has 1 aliphatic carbocycles. The highest BCUT2D eigenvalue weighted by molar-refractivity contribution is 5.83. The minimum Gasteiger partial charge on any atom is -0.497 e. The largest absolute Gasteiger partial charge is 0.497 e. The normalized spacial score (nSPS) is 41.9. The van der Waals surface area contributed by atoms with Crippen LogP contribution in [-0.2, 0) is 19.7 Å². The summed E-state index contributed by atoms with van der Waals surface area (Å²) < 4.78 is 23.4. The third-order valence-corrected chi connectivity index (χ3v) is 8.12. The second-order valence-electron chi connectivity index (χ2n) is 8.76. The second-order valence-corrected chi connectivity index (χ2v) is 8.76. The zero-order valence-electron chi connectivity index (χ0n) is 17.2. The summed E-state index contributed by atoms with van der Waals surface area (Å²) in [7, 11) is 4.81. The van der Waals surface area contributed by atoms with Gasteiger partial charge >= 0.3 is 5.97 Å². The number of nitrogens with one attached hydrogen (secondary N) is 1. The van der Waals surface area contributed by atoms with Crippen LogP contribution in [-0.4, -0.2) is 56.7 Å². The number of rotatable bonds is 3. The van der Waals surface area contributed by atoms with E-state index in [0.717, 1.165) is 36.4 Å². The van der Waals surface area contributed by atoms with Gasteiger partial charge in [0.05, 0.1) is 44.4 Å². The molecular formula is C22H26N2O5. The van der Waals surface area contributed by atoms with Gasteiger partial charge in [-0.3, -0.25) is 9.69 Å². The van der Waals surface area contributed by atoms with E-state index in [1.165, 1.54) is 12.7 Å². The number of allylic oxidation sites excluding steroid dienone is 1. The number of ether oxygens (including phenoxy) is 4. The molecule has 4 aliphatic heterocycles. The molecule has 7 heteroatoms. The summed E-state index contributed by atoms with van der Waals surface area (Å²) in [5.74, 6) is 1.11. The van der Waals surface area contributed by atoms with Crippen LogP contribution in [0, 0.1) is 11.8 Å². The van der Waals surface area contributed by atoms with Crippen LogP contribution >= 0.6 is 0 Å². The van der Waals surface area contributed by atoms with Gasteiger partial charge in [0, 0.05) is 19.0 Å². The van der Waals surface area contributed by atoms with E-state index < -0.39 is 11.1 Å². The van der Waals surface area contributed by atoms with Crippen molar-refractivity contribution in [1.29, 1.82) is 0 Å². The first kappa shape index (κ1) is 17.6. The quantitative estimate of drug-likeness (QED) is 0.619. The Balaban J connectivity index is 1.66. The van der Waals surface area contributed by atoms with Crippen molar-refractivity contribution in [2.45, 2.75) is 43.2 Å². The summed E-state index contributed by atoms with van der Waals surface area (Å²) in [5.41, 5.74) is 2.12. The number of hydrogen-bond donors (Lipinski definition) is 1. The highest BCUT2D eigenvalue weighted by atomic mass is 16.6. The van der Waals surface area contributed by atoms with E-state index in [1.54, 1.807) is 14.2 Å². The maximum Gasteiger partial charge on any atom is 0.310 e. The smallest absolute Gasteiger partial charge is 0.310 e. The van der Waals surface area contributed by atoms with Gasteiger partial charge < -0.3 is 24.3 Å². The number of carbonyl (C=O) groups is 1. The van der Waals surface area contributed by atoms with Crippen molar-refractivity contribution in [3.63, 3.8) is 0 Å². The fraction of sp³-hybridized carbons (Fsp3) is 0.591. The van der Waals surface area contributed by atoms with E-state index in [0.29, 0.717) is 5.75 Å². The lowest BCUT2D eigenvalue weighted by atomic mass is 9.49. The summed E-state index contributed by atoms with van der Waals surface area (Å²) in [6.07, 6.45) is 3.81. The van der Waals surface area contributed by atoms with Gasteiger partial charge in [-0.25, -0.2) is 0 Å². The van der Waals surface area contributed by atoms with Gasteiger partial charge in [0.2, 0.25) is 0 Å². The number of piperidine rings is 2. The molecule has 1 spiro atoms. The van der Waals surface area contributed by atoms with Crippen LogP contribution < -0.4 is 14.8 Å². The van der Waals surface area contributed by atoms with Gasteiger partial charge in [-0.05, 0) is 30.9 Å². The summed E-state index contributed by atoms with van der Waals surface area (Å²) in [4.78, 5) is 15.8. The van der Waals surface area contributed by atoms with E-state index in [4.69, 9.17) is 18.9 Å². The standard InChI is InChI=1S/C22H26N2O5/c1-5-11-10-24-16-8-13(11)18(20(25)28-4)21-9-17(24)29-22(16,21)23-19-14(21)6-12(26-2)7-15(19)27-3/h5-7,13,16-18,23H,8-10H2,1-4H3/b11-5+/t13-,16-,17-,18+,21-,22-/m0/s1. The van der Waals surface area contributed by atoms with E-state index in [2.05, 4.69) is 29.3 Å². The minimum atomic E-state index is -0.645. The van der Waals surface area contributed by atoms with Crippen LogP contribution in [0.4, 0.5) is 5.69 Å². The van der Waals surface area contributed by atoms with Gasteiger partial charge in [0.15, 0.2) is 5.72 Å². The molecule has 4 bridgehead atoms. The topological polar surface area (TPSA) is 69.3 Å². The molecule has 6 atom stereocenters. The molecular weight excluding hydrogens is 372 g/mol. The number of benzene rings is 1. The lowest BCUT2D eigenvalue weighted by molar-refractivity contribution is -0.161. The molecule has 5 aliphatic rings. The highest BCUT2D eigenvalue weighted by Crippen LogP contribution is 2.73. The molecule has 4 heterocycles. The van der Waals surface area contributed by atoms with Crippen molar-refractivity contribution in [2.24, 2.45) is 11.8 Å². The lowest BCUT2D eigenvalue weighted by Gasteiger charge is -2.60. The molecule has 6 rings (SSSR count). The van der Waals surface area contributed by atoms with Gasteiger partial charge in [-0.2, -0.15) is 0 Å². The third-order valence-electron chi connectivity index (χ3n) is 8.12. The van der Waals surface area contributed by atoms with Crippen LogP contribution in [0.5, 0.6) is 11.5 Å². The predicted octanol–water partition coefficient (Wildman–Crippen LogP) is 2.26. The molecule has 29 heavy (non-hydrogen) atoms. The monoisotopic (exact) mass is 398 g/mol. The SMILES string of the molecule is C/C=C1\CN2[C@@H]3C[C@@]45c6cc(OC)cc(OC)c6N[C@]4(O3)[C@@H]2C[C@@H]1[C@@H]5C(=O)OC.